The van der Waals surface area contributed by atoms with Crippen LogP contribution >= 0.6 is 0 Å². The Morgan fingerprint density at radius 3 is 2.76 bits per heavy atom. The van der Waals surface area contributed by atoms with Gasteiger partial charge in [-0.3, -0.25) is 9.59 Å². The molecule has 4 N–H and O–H groups in total. The highest BCUT2D eigenvalue weighted by Gasteiger charge is 2.18. The minimum absolute atomic E-state index is 0.0671. The Balaban J connectivity index is 1.87. The molecule has 0 saturated heterocycles. The van der Waals surface area contributed by atoms with Gasteiger partial charge in [-0.1, -0.05) is 26.0 Å². The molecule has 1 aliphatic rings. The van der Waals surface area contributed by atoms with Gasteiger partial charge in [-0.25, -0.2) is 4.98 Å². The van der Waals surface area contributed by atoms with Crippen molar-refractivity contribution in [2.24, 2.45) is 11.1 Å². The number of anilines is 1. The largest absolute Gasteiger partial charge is 0.399 e. The van der Waals surface area contributed by atoms with Crippen LogP contribution in [-0.4, -0.2) is 21.7 Å². The monoisotopic (exact) mass is 336 g/mol. The number of Topliss-reactive ketones (excluding diaryl/α,β-unsaturated/α-hetero) is 1. The third-order valence-corrected chi connectivity index (χ3v) is 3.92. The van der Waals surface area contributed by atoms with Crippen LogP contribution in [0.2, 0.25) is 0 Å². The predicted octanol–water partition coefficient (Wildman–Crippen LogP) is 3.07. The quantitative estimate of drug-likeness (QED) is 0.750. The number of nitrogens with two attached hydrogens (primary N) is 1. The molecule has 2 aromatic heterocycles. The Kier molecular flexibility index (Phi) is 4.04. The van der Waals surface area contributed by atoms with Gasteiger partial charge in [0.2, 0.25) is 0 Å². The summed E-state index contributed by atoms with van der Waals surface area (Å²) < 4.78 is 0. The molecule has 25 heavy (non-hydrogen) atoms. The first kappa shape index (κ1) is 16.7. The smallest absolute Gasteiger partial charge is 0.255 e. The van der Waals surface area contributed by atoms with Gasteiger partial charge < -0.3 is 16.0 Å². The van der Waals surface area contributed by atoms with E-state index in [1.54, 1.807) is 30.5 Å². The van der Waals surface area contributed by atoms with E-state index in [0.717, 1.165) is 5.39 Å². The van der Waals surface area contributed by atoms with E-state index in [0.29, 0.717) is 28.3 Å². The number of hydrogen-bond acceptors (Lipinski definition) is 4. The fourth-order valence-corrected chi connectivity index (χ4v) is 2.64. The fraction of sp³-hybridized carbons (Fsp3) is 0.211. The Bertz CT molecular complexity index is 961. The maximum Gasteiger partial charge on any atom is 0.255 e. The third kappa shape index (κ3) is 3.68. The number of fused-ring (bicyclic) bond motifs is 1. The molecule has 2 heterocycles. The predicted molar refractivity (Wildman–Crippen MR) is 98.0 cm³/mol. The number of H-pyrrole nitrogens is 1. The topological polar surface area (TPSA) is 101 Å². The summed E-state index contributed by atoms with van der Waals surface area (Å²) in [6.07, 6.45) is 8.82. The van der Waals surface area contributed by atoms with Gasteiger partial charge in [-0.15, -0.1) is 0 Å². The molecular weight excluding hydrogens is 316 g/mol. The number of amides is 1. The molecule has 0 spiro atoms. The maximum absolute atomic E-state index is 12.6. The Hall–Kier alpha value is -3.15. The molecule has 6 nitrogen and oxygen atoms in total. The van der Waals surface area contributed by atoms with Crippen LogP contribution in [0, 0.1) is 5.41 Å². The summed E-state index contributed by atoms with van der Waals surface area (Å²) in [5, 5.41) is 3.59. The molecular formula is C19H20N4O2. The second-order valence-corrected chi connectivity index (χ2v) is 6.75. The first-order chi connectivity index (χ1) is 11.7. The van der Waals surface area contributed by atoms with E-state index >= 15 is 0 Å². The van der Waals surface area contributed by atoms with Gasteiger partial charge in [0.15, 0.2) is 5.78 Å². The molecule has 0 radical (unpaired) electrons. The second kappa shape index (κ2) is 6.05. The number of rotatable bonds is 3. The number of pyridine rings is 1. The molecule has 0 bridgehead atoms. The molecule has 3 rings (SSSR count). The van der Waals surface area contributed by atoms with Crippen molar-refractivity contribution in [3.8, 4) is 0 Å². The van der Waals surface area contributed by atoms with Crippen LogP contribution in [0.5, 0.6) is 0 Å². The summed E-state index contributed by atoms with van der Waals surface area (Å²) in [7, 11) is 0. The van der Waals surface area contributed by atoms with Gasteiger partial charge >= 0.3 is 0 Å². The number of hydrogen-bond donors (Lipinski definition) is 3. The number of carbonyl (C=O) groups is 2. The van der Waals surface area contributed by atoms with Crippen LogP contribution in [0.4, 0.5) is 5.69 Å². The molecule has 1 amide bonds. The molecule has 0 aliphatic heterocycles. The van der Waals surface area contributed by atoms with Gasteiger partial charge in [0, 0.05) is 29.0 Å². The van der Waals surface area contributed by atoms with E-state index in [1.165, 1.54) is 6.92 Å². The number of nitrogens with one attached hydrogen (secondary N) is 2. The molecule has 0 saturated carbocycles. The highest BCUT2D eigenvalue weighted by atomic mass is 16.1. The molecule has 0 unspecified atom stereocenters. The van der Waals surface area contributed by atoms with E-state index < -0.39 is 0 Å². The standard InChI is InChI=1S/C19H20N4O2/c1-11(24)16-8-12-7-15(10-21-17(12)23-16)22-18(25)13-6-14(20)4-5-19(2,3)9-13/h4-10H,20H2,1-3H3,(H,21,23)(H,22,25). The number of ketones is 1. The van der Waals surface area contributed by atoms with Gasteiger partial charge in [-0.2, -0.15) is 0 Å². The Morgan fingerprint density at radius 1 is 1.28 bits per heavy atom. The summed E-state index contributed by atoms with van der Waals surface area (Å²) in [4.78, 5) is 31.2. The van der Waals surface area contributed by atoms with Crippen molar-refractivity contribution in [3.05, 3.63) is 59.6 Å². The minimum atomic E-state index is -0.274. The molecule has 2 aromatic rings. The number of aromatic nitrogens is 2. The van der Waals surface area contributed by atoms with Crippen molar-refractivity contribution in [3.63, 3.8) is 0 Å². The molecule has 6 heteroatoms. The molecule has 128 valence electrons. The van der Waals surface area contributed by atoms with Crippen LogP contribution in [0.1, 0.15) is 31.3 Å². The zero-order valence-corrected chi connectivity index (χ0v) is 14.4. The molecule has 0 atom stereocenters. The Labute approximate surface area is 145 Å². The van der Waals surface area contributed by atoms with Crippen molar-refractivity contribution in [1.82, 2.24) is 9.97 Å². The Morgan fingerprint density at radius 2 is 2.04 bits per heavy atom. The van der Waals surface area contributed by atoms with Gasteiger partial charge in [0.05, 0.1) is 17.6 Å². The van der Waals surface area contributed by atoms with Gasteiger partial charge in [0.25, 0.3) is 5.91 Å². The summed E-state index contributed by atoms with van der Waals surface area (Å²) in [6, 6.07) is 3.49. The molecule has 0 fully saturated rings. The number of nitrogens with zero attached hydrogens (tertiary/aromatic N) is 1. The first-order valence-electron chi connectivity index (χ1n) is 7.94. The van der Waals surface area contributed by atoms with Crippen molar-refractivity contribution >= 4 is 28.4 Å². The minimum Gasteiger partial charge on any atom is -0.399 e. The van der Waals surface area contributed by atoms with Crippen LogP contribution in [-0.2, 0) is 4.79 Å². The van der Waals surface area contributed by atoms with Crippen molar-refractivity contribution in [2.75, 3.05) is 5.32 Å². The van der Waals surface area contributed by atoms with Crippen molar-refractivity contribution < 1.29 is 9.59 Å². The van der Waals surface area contributed by atoms with E-state index in [-0.39, 0.29) is 17.1 Å². The van der Waals surface area contributed by atoms with E-state index in [9.17, 15) is 9.59 Å². The highest BCUT2D eigenvalue weighted by molar-refractivity contribution is 6.07. The first-order valence-corrected chi connectivity index (χ1v) is 7.94. The van der Waals surface area contributed by atoms with E-state index in [4.69, 9.17) is 5.73 Å². The average molecular weight is 336 g/mol. The lowest BCUT2D eigenvalue weighted by molar-refractivity contribution is -0.112. The molecule has 1 aliphatic carbocycles. The van der Waals surface area contributed by atoms with Crippen molar-refractivity contribution in [1.29, 1.82) is 0 Å². The van der Waals surface area contributed by atoms with Gasteiger partial charge in [0.1, 0.15) is 5.65 Å². The summed E-state index contributed by atoms with van der Waals surface area (Å²) >= 11 is 0. The van der Waals surface area contributed by atoms with Crippen LogP contribution in [0.25, 0.3) is 11.0 Å². The zero-order chi connectivity index (χ0) is 18.2. The van der Waals surface area contributed by atoms with E-state index in [1.807, 2.05) is 26.0 Å². The summed E-state index contributed by atoms with van der Waals surface area (Å²) in [5.41, 5.74) is 8.27. The fourth-order valence-electron chi connectivity index (χ4n) is 2.64. The normalized spacial score (nSPS) is 16.1. The third-order valence-electron chi connectivity index (χ3n) is 3.92. The average Bonchev–Trinajstić information content (AvgIpc) is 2.89. The van der Waals surface area contributed by atoms with Crippen LogP contribution < -0.4 is 11.1 Å². The number of aromatic amines is 1. The molecule has 0 aromatic carbocycles. The second-order valence-electron chi connectivity index (χ2n) is 6.75. The van der Waals surface area contributed by atoms with Crippen LogP contribution in [0.15, 0.2) is 53.9 Å². The lowest BCUT2D eigenvalue weighted by Gasteiger charge is -2.15. The highest BCUT2D eigenvalue weighted by Crippen LogP contribution is 2.26. The zero-order valence-electron chi connectivity index (χ0n) is 14.4. The SMILES string of the molecule is CC(=O)c1cc2cc(NC(=O)C3=CC(C)(C)C=CC(N)=C3)cnc2[nH]1. The lowest BCUT2D eigenvalue weighted by Crippen LogP contribution is -2.16. The maximum atomic E-state index is 12.6. The number of carbonyl (C=O) groups excluding carboxylic acids is 2. The summed E-state index contributed by atoms with van der Waals surface area (Å²) in [6.45, 7) is 5.48. The van der Waals surface area contributed by atoms with Crippen LogP contribution in [0.3, 0.4) is 0 Å². The van der Waals surface area contributed by atoms with Crippen molar-refractivity contribution in [2.45, 2.75) is 20.8 Å². The van der Waals surface area contributed by atoms with E-state index in [2.05, 4.69) is 15.3 Å². The lowest BCUT2D eigenvalue weighted by atomic mass is 9.91. The number of allylic oxidation sites excluding steroid dienone is 3. The summed E-state index contributed by atoms with van der Waals surface area (Å²) in [5.74, 6) is -0.328. The van der Waals surface area contributed by atoms with Gasteiger partial charge in [-0.05, 0) is 24.3 Å².